The molecule has 0 aliphatic carbocycles. The molecule has 8 heteroatoms. The van der Waals surface area contributed by atoms with Crippen molar-refractivity contribution < 1.29 is 18.4 Å². The van der Waals surface area contributed by atoms with Crippen LogP contribution in [0.25, 0.3) is 11.1 Å². The Hall–Kier alpha value is -2.45. The number of aromatic nitrogens is 2. The van der Waals surface area contributed by atoms with Gasteiger partial charge < -0.3 is 4.43 Å². The molecule has 0 atom stereocenters. The molecule has 1 amide bonds. The molecule has 0 radical (unpaired) electrons. The van der Waals surface area contributed by atoms with E-state index in [-0.39, 0.29) is 30.0 Å². The molecular formula is C20H24FN3O3Si. The number of benzene rings is 1. The summed E-state index contributed by atoms with van der Waals surface area (Å²) < 4.78 is 21.2. The first kappa shape index (κ1) is 20.3. The first-order valence-electron chi connectivity index (χ1n) is 9.10. The monoisotopic (exact) mass is 401 g/mol. The van der Waals surface area contributed by atoms with Gasteiger partial charge in [-0.25, -0.2) is 14.4 Å². The van der Waals surface area contributed by atoms with Gasteiger partial charge in [-0.1, -0.05) is 39.0 Å². The number of Topliss-reactive ketones (excluding diaryl/α,β-unsaturated/α-hetero) is 1. The number of nitrogens with zero attached hydrogens (tertiary/aromatic N) is 3. The van der Waals surface area contributed by atoms with Gasteiger partial charge in [-0.3, -0.25) is 14.5 Å². The second-order valence-electron chi connectivity index (χ2n) is 8.41. The molecule has 1 saturated heterocycles. The number of carbonyl (C=O) groups excluding carboxylic acids is 2. The van der Waals surface area contributed by atoms with Crippen molar-refractivity contribution in [3.8, 4) is 11.1 Å². The zero-order valence-corrected chi connectivity index (χ0v) is 17.7. The summed E-state index contributed by atoms with van der Waals surface area (Å²) >= 11 is 0. The second-order valence-corrected chi connectivity index (χ2v) is 13.2. The third kappa shape index (κ3) is 3.74. The Labute approximate surface area is 164 Å². The van der Waals surface area contributed by atoms with E-state index in [1.165, 1.54) is 17.3 Å². The molecule has 1 aliphatic rings. The van der Waals surface area contributed by atoms with Crippen LogP contribution in [0.5, 0.6) is 0 Å². The van der Waals surface area contributed by atoms with Crippen LogP contribution in [-0.2, 0) is 20.6 Å². The summed E-state index contributed by atoms with van der Waals surface area (Å²) in [6.45, 7) is 10.9. The summed E-state index contributed by atoms with van der Waals surface area (Å²) in [4.78, 5) is 31.9. The Bertz CT molecular complexity index is 923. The van der Waals surface area contributed by atoms with Crippen LogP contribution in [0.4, 0.5) is 10.3 Å². The van der Waals surface area contributed by atoms with E-state index < -0.39 is 20.0 Å². The van der Waals surface area contributed by atoms with Crippen LogP contribution < -0.4 is 4.90 Å². The van der Waals surface area contributed by atoms with Crippen LogP contribution >= 0.6 is 0 Å². The summed E-state index contributed by atoms with van der Waals surface area (Å²) in [6, 6.07) is 5.14. The average molecular weight is 402 g/mol. The average Bonchev–Trinajstić information content (AvgIpc) is 2.64. The zero-order chi connectivity index (χ0) is 20.7. The molecule has 28 heavy (non-hydrogen) atoms. The van der Waals surface area contributed by atoms with Gasteiger partial charge >= 0.3 is 0 Å². The van der Waals surface area contributed by atoms with E-state index >= 15 is 4.39 Å². The van der Waals surface area contributed by atoms with Crippen molar-refractivity contribution in [2.75, 3.05) is 11.4 Å². The fourth-order valence-corrected chi connectivity index (χ4v) is 3.44. The molecule has 148 valence electrons. The van der Waals surface area contributed by atoms with Crippen LogP contribution in [0.2, 0.25) is 18.1 Å². The number of amides is 1. The number of hydrogen-bond acceptors (Lipinski definition) is 5. The van der Waals surface area contributed by atoms with E-state index in [2.05, 4.69) is 43.8 Å². The largest absolute Gasteiger partial charge is 0.412 e. The highest BCUT2D eigenvalue weighted by Gasteiger charge is 2.38. The van der Waals surface area contributed by atoms with Gasteiger partial charge in [0, 0.05) is 29.1 Å². The first-order valence-corrected chi connectivity index (χ1v) is 12.0. The maximum Gasteiger partial charge on any atom is 0.299 e. The molecule has 1 aromatic heterocycles. The Balaban J connectivity index is 1.79. The van der Waals surface area contributed by atoms with Gasteiger partial charge in [0.15, 0.2) is 8.32 Å². The minimum atomic E-state index is -1.99. The van der Waals surface area contributed by atoms with Crippen LogP contribution in [-0.4, -0.2) is 36.5 Å². The topological polar surface area (TPSA) is 72.4 Å². The molecule has 3 rings (SSSR count). The third-order valence-electron chi connectivity index (χ3n) is 5.45. The number of ketones is 1. The Kier molecular flexibility index (Phi) is 5.20. The molecule has 1 fully saturated rings. The van der Waals surface area contributed by atoms with Crippen LogP contribution in [0.1, 0.15) is 26.3 Å². The molecular weight excluding hydrogens is 377 g/mol. The van der Waals surface area contributed by atoms with E-state index in [1.54, 1.807) is 18.2 Å². The van der Waals surface area contributed by atoms with Crippen LogP contribution in [0.3, 0.4) is 0 Å². The quantitative estimate of drug-likeness (QED) is 0.434. The van der Waals surface area contributed by atoms with Crippen molar-refractivity contribution in [1.82, 2.24) is 9.97 Å². The molecule has 6 nitrogen and oxygen atoms in total. The number of anilines is 1. The van der Waals surface area contributed by atoms with Gasteiger partial charge in [-0.05, 0) is 18.1 Å². The number of rotatable bonds is 5. The van der Waals surface area contributed by atoms with Gasteiger partial charge in [-0.15, -0.1) is 0 Å². The molecule has 0 N–H and O–H groups in total. The van der Waals surface area contributed by atoms with E-state index in [0.29, 0.717) is 16.7 Å². The van der Waals surface area contributed by atoms with Crippen molar-refractivity contribution in [3.05, 3.63) is 42.0 Å². The molecule has 1 aliphatic heterocycles. The van der Waals surface area contributed by atoms with Gasteiger partial charge in [-0.2, -0.15) is 0 Å². The molecule has 0 spiro atoms. The lowest BCUT2D eigenvalue weighted by atomic mass is 10.1. The molecule has 0 bridgehead atoms. The van der Waals surface area contributed by atoms with Crippen LogP contribution in [0, 0.1) is 5.82 Å². The maximum atomic E-state index is 15.1. The Morgan fingerprint density at radius 2 is 1.82 bits per heavy atom. The predicted octanol–water partition coefficient (Wildman–Crippen LogP) is 3.72. The van der Waals surface area contributed by atoms with Crippen LogP contribution in [0.15, 0.2) is 30.6 Å². The zero-order valence-electron chi connectivity index (χ0n) is 16.7. The highest BCUT2D eigenvalue weighted by Crippen LogP contribution is 2.37. The molecule has 0 unspecified atom stereocenters. The van der Waals surface area contributed by atoms with E-state index in [9.17, 15) is 9.59 Å². The summed E-state index contributed by atoms with van der Waals surface area (Å²) in [5.41, 5.74) is 1.35. The third-order valence-corrected chi connectivity index (χ3v) is 9.93. The lowest BCUT2D eigenvalue weighted by Crippen LogP contribution is -2.54. The number of halogens is 1. The van der Waals surface area contributed by atoms with Gasteiger partial charge in [0.25, 0.3) is 5.91 Å². The minimum absolute atomic E-state index is 0.0210. The minimum Gasteiger partial charge on any atom is -0.412 e. The van der Waals surface area contributed by atoms with Crippen molar-refractivity contribution in [2.24, 2.45) is 0 Å². The summed E-state index contributed by atoms with van der Waals surface area (Å²) in [7, 11) is -1.99. The first-order chi connectivity index (χ1) is 13.0. The van der Waals surface area contributed by atoms with Gasteiger partial charge in [0.1, 0.15) is 5.82 Å². The molecule has 2 aromatic rings. The Morgan fingerprint density at radius 1 is 1.18 bits per heavy atom. The van der Waals surface area contributed by atoms with Crippen molar-refractivity contribution in [2.45, 2.75) is 45.5 Å². The normalized spacial score (nSPS) is 15.0. The SMILES string of the molecule is CC(C)(C)[Si](C)(C)OCc1cccc(-c2cnc(N3CC(=O)C3=O)nc2)c1F. The maximum absolute atomic E-state index is 15.1. The molecule has 1 aromatic carbocycles. The fraction of sp³-hybridized carbons (Fsp3) is 0.400. The van der Waals surface area contributed by atoms with E-state index in [1.807, 2.05) is 0 Å². The summed E-state index contributed by atoms with van der Waals surface area (Å²) in [6.07, 6.45) is 2.91. The van der Waals surface area contributed by atoms with Gasteiger partial charge in [0.2, 0.25) is 11.7 Å². The predicted molar refractivity (Wildman–Crippen MR) is 107 cm³/mol. The highest BCUT2D eigenvalue weighted by atomic mass is 28.4. The summed E-state index contributed by atoms with van der Waals surface area (Å²) in [5.74, 6) is -1.31. The van der Waals surface area contributed by atoms with Crippen molar-refractivity contribution in [3.63, 3.8) is 0 Å². The number of β-lactam (4-membered cyclic amide) rings is 1. The lowest BCUT2D eigenvalue weighted by molar-refractivity contribution is -0.140. The lowest BCUT2D eigenvalue weighted by Gasteiger charge is -2.36. The Morgan fingerprint density at radius 3 is 2.36 bits per heavy atom. The van der Waals surface area contributed by atoms with E-state index in [4.69, 9.17) is 4.43 Å². The van der Waals surface area contributed by atoms with E-state index in [0.717, 1.165) is 0 Å². The van der Waals surface area contributed by atoms with Crippen molar-refractivity contribution >= 4 is 26.0 Å². The highest BCUT2D eigenvalue weighted by molar-refractivity contribution is 6.74. The molecule has 0 saturated carbocycles. The fourth-order valence-electron chi connectivity index (χ4n) is 2.49. The van der Waals surface area contributed by atoms with Gasteiger partial charge in [0.05, 0.1) is 13.2 Å². The summed E-state index contributed by atoms with van der Waals surface area (Å²) in [5, 5.41) is 0.0421. The second kappa shape index (κ2) is 7.18. The standard InChI is InChI=1S/C20H24FN3O3Si/c1-20(2,3)28(4,5)27-12-13-7-6-8-15(17(13)21)14-9-22-19(23-10-14)24-11-16(25)18(24)26/h6-10H,11-12H2,1-5H3. The number of hydrogen-bond donors (Lipinski definition) is 0. The van der Waals surface area contributed by atoms with Crippen molar-refractivity contribution in [1.29, 1.82) is 0 Å². The number of carbonyl (C=O) groups is 2. The smallest absolute Gasteiger partial charge is 0.299 e. The molecule has 2 heterocycles.